The number of carbonyl (C=O) groups excluding carboxylic acids is 1. The summed E-state index contributed by atoms with van der Waals surface area (Å²) in [5.74, 6) is 1.62. The van der Waals surface area contributed by atoms with Gasteiger partial charge in [-0.15, -0.1) is 0 Å². The number of methoxy groups -OCH3 is 1. The topological polar surface area (TPSA) is 154 Å². The van der Waals surface area contributed by atoms with E-state index in [1.807, 2.05) is 17.9 Å². The Morgan fingerprint density at radius 1 is 1.00 bits per heavy atom. The van der Waals surface area contributed by atoms with Gasteiger partial charge < -0.3 is 25.4 Å². The van der Waals surface area contributed by atoms with Gasteiger partial charge in [0.15, 0.2) is 15.5 Å². The highest BCUT2D eigenvalue weighted by molar-refractivity contribution is 7.92. The van der Waals surface area contributed by atoms with Crippen molar-refractivity contribution in [3.8, 4) is 5.75 Å². The summed E-state index contributed by atoms with van der Waals surface area (Å²) in [4.78, 5) is 26.7. The zero-order valence-corrected chi connectivity index (χ0v) is 28.9. The van der Waals surface area contributed by atoms with Gasteiger partial charge in [0.2, 0.25) is 17.8 Å². The first-order valence-corrected chi connectivity index (χ1v) is 18.0. The van der Waals surface area contributed by atoms with Gasteiger partial charge in [-0.3, -0.25) is 9.69 Å². The predicted molar refractivity (Wildman–Crippen MR) is 184 cm³/mol. The minimum Gasteiger partial charge on any atom is -0.495 e. The molecule has 2 aromatic carbocycles. The van der Waals surface area contributed by atoms with Gasteiger partial charge in [0.25, 0.3) is 0 Å². The van der Waals surface area contributed by atoms with Crippen LogP contribution in [0.1, 0.15) is 57.1 Å². The number of ether oxygens (including phenoxy) is 1. The van der Waals surface area contributed by atoms with Crippen LogP contribution in [0.15, 0.2) is 53.6 Å². The Morgan fingerprint density at radius 3 is 2.44 bits per heavy atom. The Hall–Kier alpha value is -4.27. The smallest absolute Gasteiger partial charge is 0.239 e. The van der Waals surface area contributed by atoms with E-state index in [1.165, 1.54) is 10.1 Å². The highest BCUT2D eigenvalue weighted by Crippen LogP contribution is 2.38. The van der Waals surface area contributed by atoms with Crippen molar-refractivity contribution in [1.29, 1.82) is 0 Å². The molecule has 6 rings (SSSR count). The first-order chi connectivity index (χ1) is 23.0. The number of aliphatic hydroxyl groups excluding tert-OH is 1. The van der Waals surface area contributed by atoms with Crippen molar-refractivity contribution in [3.05, 3.63) is 59.8 Å². The van der Waals surface area contributed by atoms with E-state index >= 15 is 0 Å². The Morgan fingerprint density at radius 2 is 1.75 bits per heavy atom. The number of likely N-dealkylation sites (tertiary alicyclic amines) is 2. The minimum atomic E-state index is -3.57. The van der Waals surface area contributed by atoms with Crippen LogP contribution in [-0.2, 0) is 14.6 Å². The predicted octanol–water partition coefficient (Wildman–Crippen LogP) is 4.27. The van der Waals surface area contributed by atoms with Crippen LogP contribution in [0.5, 0.6) is 5.75 Å². The molecule has 2 aliphatic rings. The van der Waals surface area contributed by atoms with Gasteiger partial charge in [0.05, 0.1) is 47.0 Å². The molecule has 4 aromatic rings. The number of aryl methyl sites for hydroxylation is 1. The number of carbonyl (C=O) groups is 1. The quantitative estimate of drug-likeness (QED) is 0.221. The van der Waals surface area contributed by atoms with Gasteiger partial charge >= 0.3 is 0 Å². The van der Waals surface area contributed by atoms with Gasteiger partial charge in [-0.1, -0.05) is 12.1 Å². The lowest BCUT2D eigenvalue weighted by atomic mass is 9.86. The monoisotopic (exact) mass is 676 g/mol. The summed E-state index contributed by atoms with van der Waals surface area (Å²) in [6.45, 7) is 9.98. The lowest BCUT2D eigenvalue weighted by Gasteiger charge is -2.36. The molecule has 0 spiro atoms. The van der Waals surface area contributed by atoms with Crippen molar-refractivity contribution in [2.24, 2.45) is 0 Å². The minimum absolute atomic E-state index is 0.130. The Kier molecular flexibility index (Phi) is 9.59. The molecular weight excluding hydrogens is 632 g/mol. The number of nitrogens with zero attached hydrogens (tertiary/aromatic N) is 6. The number of rotatable bonds is 10. The van der Waals surface area contributed by atoms with Gasteiger partial charge in [-0.2, -0.15) is 19.6 Å². The molecule has 2 atom stereocenters. The summed E-state index contributed by atoms with van der Waals surface area (Å²) in [6, 6.07) is 12.3. The Labute approximate surface area is 281 Å². The highest BCUT2D eigenvalue weighted by Gasteiger charge is 2.33. The molecule has 2 saturated heterocycles. The largest absolute Gasteiger partial charge is 0.495 e. The average Bonchev–Trinajstić information content (AvgIpc) is 3.74. The first kappa shape index (κ1) is 33.6. The van der Waals surface area contributed by atoms with Crippen LogP contribution in [0.4, 0.5) is 23.3 Å². The van der Waals surface area contributed by atoms with E-state index in [0.29, 0.717) is 54.8 Å². The summed E-state index contributed by atoms with van der Waals surface area (Å²) in [5, 5.41) is 20.1. The van der Waals surface area contributed by atoms with Crippen LogP contribution >= 0.6 is 0 Å². The van der Waals surface area contributed by atoms with E-state index in [1.54, 1.807) is 57.5 Å². The normalized spacial score (nSPS) is 18.4. The molecule has 0 radical (unpaired) electrons. The number of hydrogen-bond acceptors (Lipinski definition) is 11. The fraction of sp³-hybridized carbons (Fsp3) is 0.471. The molecule has 14 heteroatoms. The van der Waals surface area contributed by atoms with Gasteiger partial charge in [0, 0.05) is 32.2 Å². The lowest BCUT2D eigenvalue weighted by molar-refractivity contribution is -0.137. The van der Waals surface area contributed by atoms with E-state index in [0.717, 1.165) is 24.9 Å². The van der Waals surface area contributed by atoms with Crippen LogP contribution in [0, 0.1) is 6.92 Å². The van der Waals surface area contributed by atoms with E-state index in [2.05, 4.69) is 43.6 Å². The fourth-order valence-corrected chi connectivity index (χ4v) is 7.84. The summed E-state index contributed by atoms with van der Waals surface area (Å²) >= 11 is 0. The van der Waals surface area contributed by atoms with Crippen molar-refractivity contribution in [2.75, 3.05) is 43.9 Å². The summed E-state index contributed by atoms with van der Waals surface area (Å²) in [6.07, 6.45) is 3.67. The maximum Gasteiger partial charge on any atom is 0.239 e. The number of hydrogen-bond donors (Lipinski definition) is 3. The summed E-state index contributed by atoms with van der Waals surface area (Å²) in [5.41, 5.74) is 3.85. The number of fused-ring (bicyclic) bond motifs is 1. The van der Waals surface area contributed by atoms with Crippen molar-refractivity contribution >= 4 is 44.7 Å². The van der Waals surface area contributed by atoms with Gasteiger partial charge in [-0.05, 0) is 88.3 Å². The van der Waals surface area contributed by atoms with Crippen molar-refractivity contribution in [2.45, 2.75) is 75.2 Å². The van der Waals surface area contributed by atoms with E-state index in [9.17, 15) is 18.3 Å². The average molecular weight is 677 g/mol. The molecule has 2 aliphatic heterocycles. The van der Waals surface area contributed by atoms with E-state index < -0.39 is 15.1 Å². The first-order valence-electron chi connectivity index (χ1n) is 16.4. The van der Waals surface area contributed by atoms with Crippen molar-refractivity contribution in [1.82, 2.24) is 29.4 Å². The second-order valence-electron chi connectivity index (χ2n) is 12.9. The van der Waals surface area contributed by atoms with Crippen LogP contribution in [-0.4, -0.2) is 99.5 Å². The fourth-order valence-electron chi connectivity index (χ4n) is 6.64. The third-order valence-corrected chi connectivity index (χ3v) is 11.7. The number of aliphatic hydroxyl groups is 1. The highest BCUT2D eigenvalue weighted by atomic mass is 32.2. The third kappa shape index (κ3) is 6.69. The maximum absolute atomic E-state index is 13.2. The van der Waals surface area contributed by atoms with Crippen molar-refractivity contribution in [3.63, 3.8) is 0 Å². The molecule has 48 heavy (non-hydrogen) atoms. The van der Waals surface area contributed by atoms with Crippen LogP contribution in [0.2, 0.25) is 0 Å². The molecule has 4 heterocycles. The second-order valence-corrected chi connectivity index (χ2v) is 15.4. The number of β-amino-alcohol motifs (C(OH)–C–C–N with tert-alkyl or cyclic N) is 1. The number of sulfone groups is 1. The third-order valence-electron chi connectivity index (χ3n) is 9.50. The van der Waals surface area contributed by atoms with Crippen LogP contribution < -0.4 is 15.4 Å². The molecule has 0 aliphatic carbocycles. The summed E-state index contributed by atoms with van der Waals surface area (Å²) in [7, 11) is -1.94. The van der Waals surface area contributed by atoms with Gasteiger partial charge in [-0.25, -0.2) is 8.42 Å². The zero-order valence-electron chi connectivity index (χ0n) is 28.0. The van der Waals surface area contributed by atoms with Crippen LogP contribution in [0.25, 0.3) is 5.65 Å². The zero-order chi connectivity index (χ0) is 34.2. The Balaban J connectivity index is 1.20. The number of piperidine rings is 1. The van der Waals surface area contributed by atoms with E-state index in [-0.39, 0.29) is 34.8 Å². The standard InChI is InChI=1S/C34H44N8O5S/c1-21(2)48(45,46)30-9-7-6-8-27(30)37-34-39-33(38-31-10-14-35-42(31)34)36-28-18-22(3)26(19-29(28)47-5)24-11-15-40(16-12-24)32(44)23(4)41-17-13-25(43)20-41/h6-10,14,18-19,21,23-25,43H,11-13,15-17,20H2,1-5H3,(H2,36,37,38,39)/t23-,25-/m0/s1. The molecule has 256 valence electrons. The molecule has 0 unspecified atom stereocenters. The molecule has 0 bridgehead atoms. The molecule has 3 N–H and O–H groups in total. The molecule has 2 aromatic heterocycles. The number of anilines is 4. The van der Waals surface area contributed by atoms with E-state index in [4.69, 9.17) is 4.74 Å². The van der Waals surface area contributed by atoms with Crippen molar-refractivity contribution < 1.29 is 23.1 Å². The number of benzene rings is 2. The number of nitrogens with one attached hydrogen (secondary N) is 2. The number of para-hydroxylation sites is 1. The summed E-state index contributed by atoms with van der Waals surface area (Å²) < 4.78 is 33.5. The molecule has 2 fully saturated rings. The lowest BCUT2D eigenvalue weighted by Crippen LogP contribution is -2.48. The second kappa shape index (κ2) is 13.7. The molecule has 13 nitrogen and oxygen atoms in total. The number of amides is 1. The molecular formula is C34H44N8O5S. The van der Waals surface area contributed by atoms with Crippen LogP contribution in [0.3, 0.4) is 0 Å². The van der Waals surface area contributed by atoms with Gasteiger partial charge in [0.1, 0.15) is 5.75 Å². The molecule has 0 saturated carbocycles. The molecule has 1 amide bonds. The SMILES string of the molecule is COc1cc(C2CCN(C(=O)[C@H](C)N3CC[C@H](O)C3)CC2)c(C)cc1Nc1nc(Nc2ccccc2S(=O)(=O)C(C)C)n2nccc2n1. The maximum atomic E-state index is 13.2. The Bertz CT molecular complexity index is 1900. The number of aromatic nitrogens is 4.